The number of anilines is 2. The Kier molecular flexibility index (Phi) is 11.2. The van der Waals surface area contributed by atoms with E-state index < -0.39 is 6.97 Å². The van der Waals surface area contributed by atoms with Crippen molar-refractivity contribution >= 4 is 52.3 Å². The summed E-state index contributed by atoms with van der Waals surface area (Å²) in [4.78, 5) is 5.20. The lowest BCUT2D eigenvalue weighted by atomic mass is 9.85. The fourth-order valence-electron chi connectivity index (χ4n) is 7.60. The molecule has 1 saturated heterocycles. The Balaban J connectivity index is 1.11. The van der Waals surface area contributed by atoms with Crippen LogP contribution in [-0.2, 0) is 14.2 Å². The molecule has 3 aliphatic rings. The summed E-state index contributed by atoms with van der Waals surface area (Å²) in [7, 11) is 3.32. The normalized spacial score (nSPS) is 18.2. The lowest BCUT2D eigenvalue weighted by Gasteiger charge is -2.33. The molecular weight excluding hydrogens is 741 g/mol. The van der Waals surface area contributed by atoms with E-state index in [1.54, 1.807) is 20.3 Å². The molecule has 0 spiro atoms. The van der Waals surface area contributed by atoms with Crippen molar-refractivity contribution in [1.29, 1.82) is 0 Å². The Hall–Kier alpha value is -4.73. The van der Waals surface area contributed by atoms with Gasteiger partial charge in [0.25, 0.3) is 0 Å². The van der Waals surface area contributed by atoms with Crippen LogP contribution in [0.2, 0.25) is 0 Å². The van der Waals surface area contributed by atoms with Crippen LogP contribution in [0.15, 0.2) is 107 Å². The summed E-state index contributed by atoms with van der Waals surface area (Å²) in [5, 5.41) is 5.74. The minimum atomic E-state index is -4.23. The predicted octanol–water partition coefficient (Wildman–Crippen LogP) is 7.74. The van der Waals surface area contributed by atoms with Gasteiger partial charge < -0.3 is 51.1 Å². The van der Waals surface area contributed by atoms with Crippen LogP contribution in [-0.4, -0.2) is 102 Å². The van der Waals surface area contributed by atoms with Gasteiger partial charge in [-0.2, -0.15) is 11.3 Å². The van der Waals surface area contributed by atoms with E-state index in [0.717, 1.165) is 33.1 Å². The summed E-state index contributed by atoms with van der Waals surface area (Å²) in [5.41, 5.74) is 6.01. The molecule has 0 N–H and O–H groups in total. The molecule has 5 aromatic rings. The van der Waals surface area contributed by atoms with Crippen LogP contribution in [0.5, 0.6) is 11.5 Å². The first kappa shape index (κ1) is 37.2. The molecule has 0 saturated carbocycles. The second-order valence-corrected chi connectivity index (χ2v) is 15.0. The Morgan fingerprint density at radius 3 is 2.00 bits per heavy atom. The summed E-state index contributed by atoms with van der Waals surface area (Å²) in [6.45, 7) is 1.30. The Morgan fingerprint density at radius 2 is 1.35 bits per heavy atom. The number of rotatable bonds is 7. The van der Waals surface area contributed by atoms with Gasteiger partial charge >= 0.3 is 6.97 Å². The van der Waals surface area contributed by atoms with Gasteiger partial charge in [-0.25, -0.2) is 0 Å². The quantitative estimate of drug-likeness (QED) is 0.157. The van der Waals surface area contributed by atoms with Crippen molar-refractivity contribution in [3.63, 3.8) is 0 Å². The second kappa shape index (κ2) is 16.6. The zero-order valence-electron chi connectivity index (χ0n) is 30.9. The molecule has 3 aliphatic heterocycles. The van der Waals surface area contributed by atoms with Crippen LogP contribution in [0.1, 0.15) is 16.8 Å². The molecule has 8 rings (SSSR count). The van der Waals surface area contributed by atoms with Crippen molar-refractivity contribution in [2.45, 2.75) is 0 Å². The summed E-state index contributed by atoms with van der Waals surface area (Å²) in [6.07, 6.45) is 3.62. The third kappa shape index (κ3) is 7.37. The zero-order valence-corrected chi connectivity index (χ0v) is 32.5. The first-order chi connectivity index (χ1) is 27.0. The number of nitrogens with zero attached hydrogens (tertiary/aromatic N) is 4. The van der Waals surface area contributed by atoms with Gasteiger partial charge in [-0.1, -0.05) is 24.3 Å². The SMILES string of the molecule is COc1ccccc1N1CCOCCOCCN(c2ccc(C3=C4C=CC(c5ccsc5)=[N+]4[B-](F)(F)n4c3ccc4-c3cccs3)cc2OC)CCOCC1. The number of methoxy groups -OCH3 is 2. The molecule has 0 aliphatic carbocycles. The van der Waals surface area contributed by atoms with E-state index in [1.165, 1.54) is 31.6 Å². The fraction of sp³-hybridized carbons (Fsp3) is 0.293. The van der Waals surface area contributed by atoms with Gasteiger partial charge in [-0.15, -0.1) is 11.3 Å². The number of allylic oxidation sites excluding steroid dienone is 2. The van der Waals surface area contributed by atoms with Crippen molar-refractivity contribution < 1.29 is 36.8 Å². The minimum absolute atomic E-state index is 0.463. The maximum absolute atomic E-state index is 17.0. The molecule has 55 heavy (non-hydrogen) atoms. The predicted molar refractivity (Wildman–Crippen MR) is 218 cm³/mol. The largest absolute Gasteiger partial charge is 0.737 e. The lowest BCUT2D eigenvalue weighted by Crippen LogP contribution is -2.51. The number of aromatic nitrogens is 1. The van der Waals surface area contributed by atoms with Gasteiger partial charge in [-0.05, 0) is 64.9 Å². The van der Waals surface area contributed by atoms with Crippen molar-refractivity contribution in [2.24, 2.45) is 0 Å². The highest BCUT2D eigenvalue weighted by Gasteiger charge is 2.55. The Morgan fingerprint density at radius 1 is 0.673 bits per heavy atom. The van der Waals surface area contributed by atoms with E-state index in [1.807, 2.05) is 95.0 Å². The summed E-state index contributed by atoms with van der Waals surface area (Å²) < 4.78 is 66.3. The van der Waals surface area contributed by atoms with E-state index in [4.69, 9.17) is 23.7 Å². The van der Waals surface area contributed by atoms with E-state index in [2.05, 4.69) is 9.80 Å². The fourth-order valence-corrected chi connectivity index (χ4v) is 9.00. The number of ether oxygens (including phenoxy) is 5. The van der Waals surface area contributed by atoms with Gasteiger partial charge in [0.15, 0.2) is 11.4 Å². The number of hydrogen-bond donors (Lipinski definition) is 0. The van der Waals surface area contributed by atoms with Crippen LogP contribution in [0.4, 0.5) is 20.0 Å². The smallest absolute Gasteiger partial charge is 0.495 e. The zero-order chi connectivity index (χ0) is 37.8. The van der Waals surface area contributed by atoms with Gasteiger partial charge in [-0.3, -0.25) is 0 Å². The molecule has 0 radical (unpaired) electrons. The molecule has 0 amide bonds. The van der Waals surface area contributed by atoms with Crippen molar-refractivity contribution in [2.75, 3.05) is 89.8 Å². The van der Waals surface area contributed by atoms with Gasteiger partial charge in [0.1, 0.15) is 11.5 Å². The molecule has 0 bridgehead atoms. The summed E-state index contributed by atoms with van der Waals surface area (Å²) >= 11 is 2.94. The Bertz CT molecular complexity index is 2200. The first-order valence-electron chi connectivity index (χ1n) is 18.4. The Labute approximate surface area is 327 Å². The summed E-state index contributed by atoms with van der Waals surface area (Å²) in [6, 6.07) is 23.2. The highest BCUT2D eigenvalue weighted by Crippen LogP contribution is 2.45. The topological polar surface area (TPSA) is 60.6 Å². The number of hydrogen-bond acceptors (Lipinski definition) is 9. The van der Waals surface area contributed by atoms with Crippen LogP contribution in [0.25, 0.3) is 16.1 Å². The van der Waals surface area contributed by atoms with Crippen LogP contribution in [0, 0.1) is 0 Å². The maximum atomic E-state index is 17.0. The van der Waals surface area contributed by atoms with Gasteiger partial charge in [0.2, 0.25) is 0 Å². The molecule has 2 aromatic carbocycles. The van der Waals surface area contributed by atoms with Crippen LogP contribution in [0.3, 0.4) is 0 Å². The van der Waals surface area contributed by atoms with E-state index >= 15 is 8.63 Å². The van der Waals surface area contributed by atoms with Crippen LogP contribution >= 0.6 is 22.7 Å². The van der Waals surface area contributed by atoms with Gasteiger partial charge in [0.05, 0.1) is 76.4 Å². The van der Waals surface area contributed by atoms with Crippen molar-refractivity contribution in [1.82, 2.24) is 4.48 Å². The van der Waals surface area contributed by atoms with E-state index in [-0.39, 0.29) is 0 Å². The highest BCUT2D eigenvalue weighted by atomic mass is 32.1. The number of thiophene rings is 2. The summed E-state index contributed by atoms with van der Waals surface area (Å²) in [5.74, 6) is 1.43. The molecule has 9 nitrogen and oxygen atoms in total. The third-order valence-corrected chi connectivity index (χ3v) is 11.8. The van der Waals surface area contributed by atoms with Crippen molar-refractivity contribution in [3.8, 4) is 22.1 Å². The molecular formula is C41H43BF2N4O5S2. The van der Waals surface area contributed by atoms with Crippen molar-refractivity contribution in [3.05, 3.63) is 124 Å². The minimum Gasteiger partial charge on any atom is -0.495 e. The molecule has 6 heterocycles. The van der Waals surface area contributed by atoms with Gasteiger partial charge in [0, 0.05) is 60.0 Å². The number of fused-ring (bicyclic) bond motifs is 2. The van der Waals surface area contributed by atoms with Crippen LogP contribution < -0.4 is 19.3 Å². The molecule has 0 atom stereocenters. The molecule has 3 aromatic heterocycles. The number of halogens is 2. The average Bonchev–Trinajstić information content (AvgIpc) is 4.04. The average molecular weight is 785 g/mol. The third-order valence-electron chi connectivity index (χ3n) is 10.2. The maximum Gasteiger partial charge on any atom is 0.737 e. The molecule has 1 fully saturated rings. The number of para-hydroxylation sites is 2. The monoisotopic (exact) mass is 784 g/mol. The molecule has 0 unspecified atom stereocenters. The molecule has 14 heteroatoms. The lowest BCUT2D eigenvalue weighted by molar-refractivity contribution is -0.360. The van der Waals surface area contributed by atoms with E-state index in [0.29, 0.717) is 99.9 Å². The molecule has 286 valence electrons. The highest BCUT2D eigenvalue weighted by molar-refractivity contribution is 7.13. The first-order valence-corrected chi connectivity index (χ1v) is 20.3. The standard InChI is InChI=1S/C41H43BF2N4O5S2/c1-49-38-7-4-3-6-33(38)45-16-20-51-21-17-46(19-23-53-25-24-52-22-18-45)34-10-9-30(28-39(34)50-2)41-36-13-11-32(31-15-27-54-29-31)47(36)42(43,44)48-35(12-14-37(41)48)40-8-5-26-55-40/h3-15,26-29H,16-25H2,1-2H3. The van der Waals surface area contributed by atoms with E-state index in [9.17, 15) is 0 Å². The second-order valence-electron chi connectivity index (χ2n) is 13.3. The number of benzene rings is 2.